The maximum absolute atomic E-state index is 11.0. The number of carboxylic acids is 1. The van der Waals surface area contributed by atoms with Gasteiger partial charge in [0.1, 0.15) is 0 Å². The summed E-state index contributed by atoms with van der Waals surface area (Å²) in [6.07, 6.45) is 10.8. The van der Waals surface area contributed by atoms with Gasteiger partial charge in [0.05, 0.1) is 11.3 Å². The predicted octanol–water partition coefficient (Wildman–Crippen LogP) is 4.16. The first-order valence-corrected chi connectivity index (χ1v) is 10.5. The minimum atomic E-state index is -0.995. The van der Waals surface area contributed by atoms with Crippen LogP contribution >= 0.6 is 0 Å². The summed E-state index contributed by atoms with van der Waals surface area (Å²) in [6.45, 7) is 6.44. The van der Waals surface area contributed by atoms with E-state index in [1.165, 1.54) is 18.4 Å². The Hall–Kier alpha value is -1.36. The molecule has 6 atom stereocenters. The van der Waals surface area contributed by atoms with Crippen LogP contribution in [0.1, 0.15) is 72.1 Å². The van der Waals surface area contributed by atoms with Crippen LogP contribution in [0.5, 0.6) is 0 Å². The van der Waals surface area contributed by atoms with Gasteiger partial charge in [0.25, 0.3) is 0 Å². The average molecular weight is 376 g/mol. The van der Waals surface area contributed by atoms with Crippen LogP contribution in [0.25, 0.3) is 0 Å². The monoisotopic (exact) mass is 375 g/mol. The van der Waals surface area contributed by atoms with Gasteiger partial charge >= 0.3 is 5.97 Å². The molecular weight excluding hydrogens is 342 g/mol. The number of fused-ring (bicyclic) bond motifs is 5. The highest BCUT2D eigenvalue weighted by Crippen LogP contribution is 2.67. The van der Waals surface area contributed by atoms with Crippen LogP contribution in [-0.2, 0) is 9.63 Å². The number of nitrogens with zero attached hydrogens (tertiary/aromatic N) is 1. The fraction of sp³-hybridized carbons (Fsp3) is 0.818. The molecule has 3 saturated carbocycles. The van der Waals surface area contributed by atoms with Crippen molar-refractivity contribution in [2.24, 2.45) is 33.7 Å². The highest BCUT2D eigenvalue weighted by molar-refractivity contribution is 5.96. The molecule has 0 amide bonds. The zero-order chi connectivity index (χ0) is 19.4. The summed E-state index contributed by atoms with van der Waals surface area (Å²) in [5, 5.41) is 23.8. The van der Waals surface area contributed by atoms with E-state index >= 15 is 0 Å². The molecule has 0 aromatic rings. The van der Waals surface area contributed by atoms with Crippen molar-refractivity contribution in [2.75, 3.05) is 6.61 Å². The third kappa shape index (κ3) is 2.84. The number of aliphatic hydroxyl groups is 1. The number of oxime groups is 1. The molecule has 0 aromatic carbocycles. The maximum atomic E-state index is 11.0. The lowest BCUT2D eigenvalue weighted by molar-refractivity contribution is -0.142. The predicted molar refractivity (Wildman–Crippen MR) is 103 cm³/mol. The second-order valence-electron chi connectivity index (χ2n) is 10.0. The highest BCUT2D eigenvalue weighted by Gasteiger charge is 2.62. The molecule has 2 N–H and O–H groups in total. The van der Waals surface area contributed by atoms with Gasteiger partial charge in [-0.15, -0.1) is 0 Å². The molecule has 27 heavy (non-hydrogen) atoms. The molecule has 0 unspecified atom stereocenters. The van der Waals surface area contributed by atoms with Gasteiger partial charge in [-0.05, 0) is 93.0 Å². The van der Waals surface area contributed by atoms with Crippen molar-refractivity contribution in [1.29, 1.82) is 0 Å². The van der Waals surface area contributed by atoms with E-state index in [0.29, 0.717) is 17.8 Å². The first-order valence-electron chi connectivity index (χ1n) is 10.5. The molecule has 4 aliphatic carbocycles. The SMILES string of the molecule is C[C@]12CC/C(=N\OCC(=O)O)C=C1CC[C@@H]1[C@@H]2CC[C@@]2(C)[C@H]1CC[C@]2(C)O. The summed E-state index contributed by atoms with van der Waals surface area (Å²) in [5.41, 5.74) is 2.11. The molecular formula is C22H33NO4. The lowest BCUT2D eigenvalue weighted by Crippen LogP contribution is -2.53. The zero-order valence-corrected chi connectivity index (χ0v) is 16.8. The van der Waals surface area contributed by atoms with Gasteiger partial charge in [-0.2, -0.15) is 0 Å². The molecule has 5 nitrogen and oxygen atoms in total. The standard InChI is InChI=1S/C22H33NO4/c1-20-9-6-15(23-27-13-19(24)25)12-14(20)4-5-16-17(20)7-10-21(2)18(16)8-11-22(21,3)26/h12,16-18,26H,4-11,13H2,1-3H3,(H,24,25)/b23-15+/t16-,17+,18+,20+,21+,22+/m1/s1. The van der Waals surface area contributed by atoms with Crippen molar-refractivity contribution in [2.45, 2.75) is 77.7 Å². The number of aliphatic carboxylic acids is 1. The molecule has 0 saturated heterocycles. The average Bonchev–Trinajstić information content (AvgIpc) is 2.84. The van der Waals surface area contributed by atoms with Crippen LogP contribution in [0.4, 0.5) is 0 Å². The number of hydrogen-bond acceptors (Lipinski definition) is 4. The third-order valence-electron chi connectivity index (χ3n) is 8.91. The van der Waals surface area contributed by atoms with Crippen molar-refractivity contribution < 1.29 is 19.8 Å². The molecule has 0 aliphatic heterocycles. The first kappa shape index (κ1) is 19.0. The third-order valence-corrected chi connectivity index (χ3v) is 8.91. The van der Waals surface area contributed by atoms with Gasteiger partial charge in [-0.25, -0.2) is 4.79 Å². The Morgan fingerprint density at radius 3 is 2.63 bits per heavy atom. The molecule has 3 fully saturated rings. The second kappa shape index (κ2) is 6.33. The lowest BCUT2D eigenvalue weighted by atomic mass is 9.46. The second-order valence-corrected chi connectivity index (χ2v) is 10.0. The highest BCUT2D eigenvalue weighted by atomic mass is 16.6. The van der Waals surface area contributed by atoms with E-state index in [9.17, 15) is 9.90 Å². The summed E-state index contributed by atoms with van der Waals surface area (Å²) in [4.78, 5) is 15.6. The molecule has 150 valence electrons. The smallest absolute Gasteiger partial charge is 0.344 e. The van der Waals surface area contributed by atoms with E-state index in [1.54, 1.807) is 0 Å². The zero-order valence-electron chi connectivity index (χ0n) is 16.8. The number of hydrogen-bond donors (Lipinski definition) is 2. The van der Waals surface area contributed by atoms with Gasteiger partial charge in [-0.3, -0.25) is 0 Å². The van der Waals surface area contributed by atoms with Gasteiger partial charge < -0.3 is 15.1 Å². The number of carbonyl (C=O) groups is 1. The van der Waals surface area contributed by atoms with Crippen LogP contribution in [0.3, 0.4) is 0 Å². The van der Waals surface area contributed by atoms with Crippen molar-refractivity contribution in [1.82, 2.24) is 0 Å². The Balaban J connectivity index is 1.56. The Bertz CT molecular complexity index is 696. The van der Waals surface area contributed by atoms with Crippen LogP contribution < -0.4 is 0 Å². The van der Waals surface area contributed by atoms with E-state index in [1.807, 2.05) is 0 Å². The summed E-state index contributed by atoms with van der Waals surface area (Å²) in [6, 6.07) is 0. The summed E-state index contributed by atoms with van der Waals surface area (Å²) in [5.74, 6) is 1.04. The van der Waals surface area contributed by atoms with Crippen molar-refractivity contribution in [3.8, 4) is 0 Å². The van der Waals surface area contributed by atoms with E-state index in [-0.39, 0.29) is 17.4 Å². The Labute approximate surface area is 161 Å². The van der Waals surface area contributed by atoms with Crippen molar-refractivity contribution >= 4 is 11.7 Å². The van der Waals surface area contributed by atoms with Crippen molar-refractivity contribution in [3.05, 3.63) is 11.6 Å². The Morgan fingerprint density at radius 2 is 1.89 bits per heavy atom. The van der Waals surface area contributed by atoms with E-state index in [0.717, 1.165) is 44.2 Å². The fourth-order valence-electron chi connectivity index (χ4n) is 7.06. The van der Waals surface area contributed by atoms with E-state index in [4.69, 9.17) is 9.94 Å². The van der Waals surface area contributed by atoms with E-state index in [2.05, 4.69) is 32.0 Å². The fourth-order valence-corrected chi connectivity index (χ4v) is 7.06. The molecule has 0 radical (unpaired) electrons. The minimum absolute atomic E-state index is 0.0672. The number of carboxylic acid groups (broad SMARTS) is 1. The minimum Gasteiger partial charge on any atom is -0.479 e. The Kier molecular flexibility index (Phi) is 4.45. The molecule has 0 aromatic heterocycles. The number of allylic oxidation sites excluding steroid dienone is 2. The molecule has 0 spiro atoms. The van der Waals surface area contributed by atoms with E-state index < -0.39 is 11.6 Å². The Morgan fingerprint density at radius 1 is 1.15 bits per heavy atom. The van der Waals surface area contributed by atoms with Crippen LogP contribution in [-0.4, -0.2) is 34.1 Å². The van der Waals surface area contributed by atoms with Gasteiger partial charge in [0.2, 0.25) is 6.61 Å². The molecule has 5 heteroatoms. The van der Waals surface area contributed by atoms with Crippen LogP contribution in [0.2, 0.25) is 0 Å². The maximum Gasteiger partial charge on any atom is 0.344 e. The normalized spacial score (nSPS) is 47.6. The molecule has 0 bridgehead atoms. The first-order chi connectivity index (χ1) is 12.7. The molecule has 4 aliphatic rings. The van der Waals surface area contributed by atoms with Gasteiger partial charge in [0, 0.05) is 0 Å². The van der Waals surface area contributed by atoms with Crippen LogP contribution in [0, 0.1) is 28.6 Å². The lowest BCUT2D eigenvalue weighted by Gasteiger charge is -2.59. The van der Waals surface area contributed by atoms with Gasteiger partial charge in [0.15, 0.2) is 0 Å². The summed E-state index contributed by atoms with van der Waals surface area (Å²) < 4.78 is 0. The van der Waals surface area contributed by atoms with Crippen molar-refractivity contribution in [3.63, 3.8) is 0 Å². The molecule has 0 heterocycles. The summed E-state index contributed by atoms with van der Waals surface area (Å²) in [7, 11) is 0. The number of rotatable bonds is 3. The summed E-state index contributed by atoms with van der Waals surface area (Å²) >= 11 is 0. The van der Waals surface area contributed by atoms with Crippen LogP contribution in [0.15, 0.2) is 16.8 Å². The van der Waals surface area contributed by atoms with Gasteiger partial charge in [-0.1, -0.05) is 24.6 Å². The molecule has 4 rings (SSSR count). The largest absolute Gasteiger partial charge is 0.479 e. The quantitative estimate of drug-likeness (QED) is 0.726. The topological polar surface area (TPSA) is 79.1 Å².